The number of fused-ring (bicyclic) bond motifs is 1. The average Bonchev–Trinajstić information content (AvgIpc) is 3.02. The fourth-order valence-corrected chi connectivity index (χ4v) is 3.37. The molecule has 0 radical (unpaired) electrons. The molecule has 3 N–H and O–H groups in total. The van der Waals surface area contributed by atoms with Gasteiger partial charge in [0.15, 0.2) is 5.76 Å². The van der Waals surface area contributed by atoms with Crippen LogP contribution in [-0.2, 0) is 0 Å². The molecule has 2 aliphatic rings. The molecule has 5 heteroatoms. The summed E-state index contributed by atoms with van der Waals surface area (Å²) in [6.45, 7) is 5.39. The fraction of sp³-hybridized carbons (Fsp3) is 0.381. The van der Waals surface area contributed by atoms with E-state index in [2.05, 4.69) is 16.7 Å². The van der Waals surface area contributed by atoms with Gasteiger partial charge in [-0.1, -0.05) is 30.4 Å². The number of hydrogen-bond acceptors (Lipinski definition) is 4. The molecule has 0 saturated carbocycles. The summed E-state index contributed by atoms with van der Waals surface area (Å²) >= 11 is 0. The molecule has 1 aromatic rings. The monoisotopic (exact) mass is 354 g/mol. The largest absolute Gasteiger partial charge is 0.451 e. The molecule has 0 fully saturated rings. The van der Waals surface area contributed by atoms with Crippen molar-refractivity contribution in [2.75, 3.05) is 13.1 Å². The van der Waals surface area contributed by atoms with Crippen molar-refractivity contribution >= 4 is 11.5 Å². The van der Waals surface area contributed by atoms with E-state index >= 15 is 0 Å². The van der Waals surface area contributed by atoms with Crippen LogP contribution < -0.4 is 10.6 Å². The SMILES string of the molecule is C/C=C\C(=C/NCC)c1cc2c(o1)C(=O)NCCC2C1=CCC(O)C=C1. The van der Waals surface area contributed by atoms with E-state index in [9.17, 15) is 9.90 Å². The first-order chi connectivity index (χ1) is 12.6. The number of nitrogens with one attached hydrogen (secondary N) is 2. The maximum atomic E-state index is 12.5. The molecule has 2 heterocycles. The van der Waals surface area contributed by atoms with E-state index in [-0.39, 0.29) is 11.8 Å². The standard InChI is InChI=1S/C21H26N2O3/c1-3-5-15(13-22-4-2)19-12-18-17(14-6-8-16(24)9-7-14)10-11-23-21(25)20(18)26-19/h3,5-8,12-13,16-17,22,24H,4,9-11H2,1-2H3,(H,23,25)/b5-3-,15-13+. The highest BCUT2D eigenvalue weighted by Gasteiger charge is 2.30. The first-order valence-electron chi connectivity index (χ1n) is 9.18. The Morgan fingerprint density at radius 3 is 3.04 bits per heavy atom. The first kappa shape index (κ1) is 18.3. The Bertz CT molecular complexity index is 783. The first-order valence-corrected chi connectivity index (χ1v) is 9.18. The smallest absolute Gasteiger partial charge is 0.287 e. The Hall–Kier alpha value is -2.53. The number of aliphatic hydroxyl groups is 1. The zero-order chi connectivity index (χ0) is 18.5. The van der Waals surface area contributed by atoms with Crippen LogP contribution >= 0.6 is 0 Å². The molecule has 26 heavy (non-hydrogen) atoms. The van der Waals surface area contributed by atoms with Crippen molar-refractivity contribution in [3.05, 3.63) is 65.3 Å². The van der Waals surface area contributed by atoms with Crippen LogP contribution in [0.5, 0.6) is 0 Å². The Balaban J connectivity index is 2.01. The van der Waals surface area contributed by atoms with Crippen molar-refractivity contribution in [3.63, 3.8) is 0 Å². The molecule has 0 aromatic carbocycles. The summed E-state index contributed by atoms with van der Waals surface area (Å²) in [5, 5.41) is 15.8. The minimum atomic E-state index is -0.423. The van der Waals surface area contributed by atoms with E-state index in [4.69, 9.17) is 4.42 Å². The maximum Gasteiger partial charge on any atom is 0.287 e. The van der Waals surface area contributed by atoms with E-state index in [0.29, 0.717) is 24.5 Å². The number of allylic oxidation sites excluding steroid dienone is 5. The van der Waals surface area contributed by atoms with Gasteiger partial charge in [0.25, 0.3) is 5.91 Å². The van der Waals surface area contributed by atoms with Gasteiger partial charge in [-0.3, -0.25) is 4.79 Å². The summed E-state index contributed by atoms with van der Waals surface area (Å²) in [5.74, 6) is 0.972. The minimum absolute atomic E-state index is 0.0798. The van der Waals surface area contributed by atoms with E-state index in [0.717, 1.165) is 29.7 Å². The number of carbonyl (C=O) groups is 1. The van der Waals surface area contributed by atoms with Crippen molar-refractivity contribution in [2.24, 2.45) is 0 Å². The lowest BCUT2D eigenvalue weighted by molar-refractivity contribution is 0.0928. The number of carbonyl (C=O) groups excluding carboxylic acids is 1. The van der Waals surface area contributed by atoms with Crippen molar-refractivity contribution in [1.29, 1.82) is 0 Å². The maximum absolute atomic E-state index is 12.5. The van der Waals surface area contributed by atoms with E-state index < -0.39 is 6.10 Å². The molecule has 1 aliphatic carbocycles. The van der Waals surface area contributed by atoms with E-state index in [1.165, 1.54) is 0 Å². The third kappa shape index (κ3) is 3.83. The van der Waals surface area contributed by atoms with Crippen LogP contribution in [0.25, 0.3) is 5.57 Å². The number of furan rings is 1. The summed E-state index contributed by atoms with van der Waals surface area (Å²) in [7, 11) is 0. The molecule has 0 spiro atoms. The predicted molar refractivity (Wildman–Crippen MR) is 103 cm³/mol. The van der Waals surface area contributed by atoms with Crippen molar-refractivity contribution in [3.8, 4) is 0 Å². The summed E-state index contributed by atoms with van der Waals surface area (Å²) in [5.41, 5.74) is 2.94. The quantitative estimate of drug-likeness (QED) is 0.710. The van der Waals surface area contributed by atoms with Crippen molar-refractivity contribution < 1.29 is 14.3 Å². The minimum Gasteiger partial charge on any atom is -0.451 e. The molecule has 0 bridgehead atoms. The molecule has 5 nitrogen and oxygen atoms in total. The van der Waals surface area contributed by atoms with Crippen molar-refractivity contribution in [2.45, 2.75) is 38.7 Å². The normalized spacial score (nSPS) is 23.4. The zero-order valence-corrected chi connectivity index (χ0v) is 15.3. The van der Waals surface area contributed by atoms with Crippen molar-refractivity contribution in [1.82, 2.24) is 10.6 Å². The molecular weight excluding hydrogens is 328 g/mol. The Kier molecular flexibility index (Phi) is 5.78. The molecule has 138 valence electrons. The Labute approximate surface area is 154 Å². The Morgan fingerprint density at radius 1 is 1.50 bits per heavy atom. The fourth-order valence-electron chi connectivity index (χ4n) is 3.37. The van der Waals surface area contributed by atoms with Gasteiger partial charge in [-0.2, -0.15) is 0 Å². The summed E-state index contributed by atoms with van der Waals surface area (Å²) < 4.78 is 5.98. The van der Waals surface area contributed by atoms with E-state index in [1.54, 1.807) is 0 Å². The molecule has 2 unspecified atom stereocenters. The van der Waals surface area contributed by atoms with Gasteiger partial charge in [-0.05, 0) is 38.3 Å². The van der Waals surface area contributed by atoms with Gasteiger partial charge in [0.1, 0.15) is 5.76 Å². The predicted octanol–water partition coefficient (Wildman–Crippen LogP) is 3.27. The number of hydrogen-bond donors (Lipinski definition) is 3. The second kappa shape index (κ2) is 8.23. The van der Waals surface area contributed by atoms with Crippen LogP contribution in [0.1, 0.15) is 54.5 Å². The molecular formula is C21H26N2O3. The lowest BCUT2D eigenvalue weighted by Crippen LogP contribution is -2.22. The lowest BCUT2D eigenvalue weighted by Gasteiger charge is -2.19. The Morgan fingerprint density at radius 2 is 2.35 bits per heavy atom. The highest BCUT2D eigenvalue weighted by atomic mass is 16.4. The average molecular weight is 354 g/mol. The van der Waals surface area contributed by atoms with E-state index in [1.807, 2.05) is 50.4 Å². The number of aliphatic hydroxyl groups excluding tert-OH is 1. The second-order valence-corrected chi connectivity index (χ2v) is 6.52. The number of rotatable bonds is 5. The van der Waals surface area contributed by atoms with Gasteiger partial charge in [0.2, 0.25) is 0 Å². The van der Waals surface area contributed by atoms with Crippen LogP contribution in [0.2, 0.25) is 0 Å². The third-order valence-corrected chi connectivity index (χ3v) is 4.66. The van der Waals surface area contributed by atoms with Crippen LogP contribution in [0.3, 0.4) is 0 Å². The van der Waals surface area contributed by atoms with Gasteiger partial charge in [0.05, 0.1) is 6.10 Å². The molecule has 1 aromatic heterocycles. The third-order valence-electron chi connectivity index (χ3n) is 4.66. The van der Waals surface area contributed by atoms with Crippen LogP contribution in [-0.4, -0.2) is 30.2 Å². The molecule has 3 rings (SSSR count). The summed E-state index contributed by atoms with van der Waals surface area (Å²) in [6.07, 6.45) is 12.6. The second-order valence-electron chi connectivity index (χ2n) is 6.52. The van der Waals surface area contributed by atoms with Crippen LogP contribution in [0, 0.1) is 0 Å². The van der Waals surface area contributed by atoms with Gasteiger partial charge < -0.3 is 20.2 Å². The van der Waals surface area contributed by atoms with Gasteiger partial charge >= 0.3 is 0 Å². The number of amides is 1. The molecule has 2 atom stereocenters. The molecule has 0 saturated heterocycles. The summed E-state index contributed by atoms with van der Waals surface area (Å²) in [6, 6.07) is 1.98. The van der Waals surface area contributed by atoms with Gasteiger partial charge in [-0.25, -0.2) is 0 Å². The lowest BCUT2D eigenvalue weighted by atomic mass is 9.85. The highest BCUT2D eigenvalue weighted by molar-refractivity contribution is 5.94. The zero-order valence-electron chi connectivity index (χ0n) is 15.3. The highest BCUT2D eigenvalue weighted by Crippen LogP contribution is 2.37. The van der Waals surface area contributed by atoms with Crippen LogP contribution in [0.15, 0.2) is 52.6 Å². The van der Waals surface area contributed by atoms with Gasteiger partial charge in [0, 0.05) is 36.3 Å². The molecule has 1 amide bonds. The topological polar surface area (TPSA) is 74.5 Å². The van der Waals surface area contributed by atoms with Crippen LogP contribution in [0.4, 0.5) is 0 Å². The summed E-state index contributed by atoms with van der Waals surface area (Å²) in [4.78, 5) is 12.5. The molecule has 1 aliphatic heterocycles. The van der Waals surface area contributed by atoms with Gasteiger partial charge in [-0.15, -0.1) is 0 Å².